The van der Waals surface area contributed by atoms with E-state index in [2.05, 4.69) is 144 Å². The highest BCUT2D eigenvalue weighted by atomic mass is 35.5. The molecule has 0 saturated carbocycles. The minimum Gasteiger partial charge on any atom is -0.478 e. The van der Waals surface area contributed by atoms with Crippen molar-refractivity contribution in [2.24, 2.45) is 23.7 Å². The summed E-state index contributed by atoms with van der Waals surface area (Å²) < 4.78 is 28.7. The molecule has 0 radical (unpaired) electrons. The molecule has 102 heavy (non-hydrogen) atoms. The van der Waals surface area contributed by atoms with Crippen LogP contribution in [-0.4, -0.2) is 139 Å². The molecule has 8 aromatic rings. The van der Waals surface area contributed by atoms with Crippen LogP contribution in [0.15, 0.2) is 158 Å². The van der Waals surface area contributed by atoms with Crippen LogP contribution in [-0.2, 0) is 23.8 Å². The fraction of sp³-hybridized carbons (Fsp3) is 0.402. The molecule has 3 unspecified atom stereocenters. The number of likely N-dealkylation sites (tertiary alicyclic amines) is 3. The average Bonchev–Trinajstić information content (AvgIpc) is 0.751. The van der Waals surface area contributed by atoms with Crippen LogP contribution in [0.5, 0.6) is 11.5 Å². The molecule has 16 nitrogen and oxygen atoms in total. The Balaban J connectivity index is 0.000000182. The van der Waals surface area contributed by atoms with E-state index >= 15 is 0 Å². The number of aryl methyl sites for hydroxylation is 2. The van der Waals surface area contributed by atoms with Gasteiger partial charge in [0, 0.05) is 112 Å². The zero-order valence-electron chi connectivity index (χ0n) is 59.4. The predicted octanol–water partition coefficient (Wildman–Crippen LogP) is 18.3. The Hall–Kier alpha value is -8.09. The van der Waals surface area contributed by atoms with Crippen LogP contribution in [0.1, 0.15) is 102 Å². The van der Waals surface area contributed by atoms with E-state index in [1.165, 1.54) is 18.1 Å². The number of benzene rings is 8. The zero-order chi connectivity index (χ0) is 72.3. The summed E-state index contributed by atoms with van der Waals surface area (Å²) in [4.78, 5) is 73.7. The minimum absolute atomic E-state index is 0.00437. The van der Waals surface area contributed by atoms with Gasteiger partial charge in [0.1, 0.15) is 22.7 Å². The summed E-state index contributed by atoms with van der Waals surface area (Å²) >= 11 is 24.0. The Kier molecular flexibility index (Phi) is 22.7. The third kappa shape index (κ3) is 17.2. The van der Waals surface area contributed by atoms with Gasteiger partial charge in [-0.15, -0.1) is 0 Å². The van der Waals surface area contributed by atoms with Gasteiger partial charge in [-0.2, -0.15) is 0 Å². The molecular formula is C82H90Cl4N6O10. The van der Waals surface area contributed by atoms with Crippen LogP contribution in [0.25, 0.3) is 43.8 Å². The van der Waals surface area contributed by atoms with Crippen molar-refractivity contribution < 1.29 is 47.7 Å². The Morgan fingerprint density at radius 1 is 0.539 bits per heavy atom. The molecule has 6 aliphatic heterocycles. The quantitative estimate of drug-likeness (QED) is 0.0702. The molecular weight excluding hydrogens is 1370 g/mol. The molecule has 3 atom stereocenters. The predicted molar refractivity (Wildman–Crippen MR) is 407 cm³/mol. The number of halogens is 4. The van der Waals surface area contributed by atoms with Gasteiger partial charge in [0.05, 0.1) is 27.5 Å². The number of hydrogen-bond donors (Lipinski definition) is 1. The second-order valence-corrected chi connectivity index (χ2v) is 31.5. The van der Waals surface area contributed by atoms with Crippen molar-refractivity contribution in [3.8, 4) is 33.8 Å². The van der Waals surface area contributed by atoms with Crippen molar-refractivity contribution in [1.82, 2.24) is 20.0 Å². The number of amides is 4. The number of nitrogens with one attached hydrogen (secondary N) is 1. The van der Waals surface area contributed by atoms with E-state index in [9.17, 15) is 24.0 Å². The molecule has 1 N–H and O–H groups in total. The Morgan fingerprint density at radius 3 is 1.29 bits per heavy atom. The van der Waals surface area contributed by atoms with E-state index in [0.29, 0.717) is 98.1 Å². The van der Waals surface area contributed by atoms with Crippen LogP contribution in [0, 0.1) is 37.5 Å². The molecule has 8 aromatic carbocycles. The van der Waals surface area contributed by atoms with Crippen molar-refractivity contribution in [2.45, 2.75) is 123 Å². The first-order valence-electron chi connectivity index (χ1n) is 35.4. The van der Waals surface area contributed by atoms with E-state index in [0.717, 1.165) is 86.8 Å². The normalized spacial score (nSPS) is 18.7. The summed E-state index contributed by atoms with van der Waals surface area (Å²) in [5.41, 5.74) is 7.50. The summed E-state index contributed by atoms with van der Waals surface area (Å²) in [5, 5.41) is 9.02. The molecule has 6 heterocycles. The number of carbonyl (C=O) groups is 5. The first kappa shape index (κ1) is 73.7. The van der Waals surface area contributed by atoms with E-state index < -0.39 is 34.4 Å². The molecule has 14 rings (SSSR count). The van der Waals surface area contributed by atoms with Gasteiger partial charge in [-0.05, 0) is 167 Å². The standard InChI is InChI=1S/C46H48ClN3O4.C33H38ClN3O4.C3H4Cl2O2/c1-30-23-35-17-11-12-18-36(35)37(24-30)38-25-41-40(26-39(38)47)50(44(51)43(53-41)34-19-21-48(22-20-34)45(52)54-46(2,3)4)29-31-27-49(28-31)42(32-13-7-5-8-14-32)33-15-9-6-10-16-33;1-20-13-23-7-5-6-8-24(23)25(14-20)26-15-29-28(16-27(26)34)37(19-21-17-35-18-21)31(38)30(40-29)22-9-11-36(12-10-22)32(39)41-33(2,3)4;1-2(4)7-3(5)6/h5-18,23-26,31,34,42-43H,19-22,27-29H2,1-4H3;5-8,13-16,21-22,30,35H,9-12,17-19H2,1-4H3;2H,1H3. The maximum atomic E-state index is 14.6. The molecule has 0 aromatic heterocycles. The van der Waals surface area contributed by atoms with Crippen LogP contribution in [0.3, 0.4) is 0 Å². The number of hydrogen-bond acceptors (Lipinski definition) is 12. The average molecular weight is 1460 g/mol. The van der Waals surface area contributed by atoms with Crippen molar-refractivity contribution in [1.29, 1.82) is 0 Å². The molecule has 0 bridgehead atoms. The van der Waals surface area contributed by atoms with Crippen molar-refractivity contribution >= 4 is 109 Å². The number of alkyl halides is 1. The topological polar surface area (TPSA) is 160 Å². The van der Waals surface area contributed by atoms with Gasteiger partial charge in [0.15, 0.2) is 17.8 Å². The van der Waals surface area contributed by atoms with Gasteiger partial charge >= 0.3 is 17.6 Å². The van der Waals surface area contributed by atoms with E-state index in [-0.39, 0.29) is 47.8 Å². The third-order valence-electron chi connectivity index (χ3n) is 19.6. The number of carbonyl (C=O) groups excluding carboxylic acids is 5. The maximum absolute atomic E-state index is 14.6. The van der Waals surface area contributed by atoms with Gasteiger partial charge in [0.25, 0.3) is 11.8 Å². The molecule has 4 amide bonds. The van der Waals surface area contributed by atoms with Crippen molar-refractivity contribution in [2.75, 3.05) is 75.2 Å². The number of piperidine rings is 2. The molecule has 536 valence electrons. The maximum Gasteiger partial charge on any atom is 0.410 e. The zero-order valence-corrected chi connectivity index (χ0v) is 62.4. The molecule has 6 aliphatic rings. The molecule has 0 aliphatic carbocycles. The second-order valence-electron chi connectivity index (χ2n) is 29.7. The Morgan fingerprint density at radius 2 is 0.931 bits per heavy atom. The lowest BCUT2D eigenvalue weighted by molar-refractivity contribution is -0.130. The first-order valence-corrected chi connectivity index (χ1v) is 36.9. The monoisotopic (exact) mass is 1460 g/mol. The molecule has 4 saturated heterocycles. The van der Waals surface area contributed by atoms with Gasteiger partial charge in [-0.3, -0.25) is 14.5 Å². The van der Waals surface area contributed by atoms with E-state index in [1.807, 2.05) is 93.8 Å². The lowest BCUT2D eigenvalue weighted by Crippen LogP contribution is -2.57. The van der Waals surface area contributed by atoms with Crippen LogP contribution >= 0.6 is 46.4 Å². The number of anilines is 2. The van der Waals surface area contributed by atoms with Gasteiger partial charge in [-0.1, -0.05) is 168 Å². The minimum atomic E-state index is -0.873. The highest BCUT2D eigenvalue weighted by molar-refractivity contribution is 6.61. The number of nitrogens with zero attached hydrogens (tertiary/aromatic N) is 5. The number of ether oxygens (including phenoxy) is 5. The van der Waals surface area contributed by atoms with E-state index in [1.54, 1.807) is 9.80 Å². The lowest BCUT2D eigenvalue weighted by Gasteiger charge is -2.48. The van der Waals surface area contributed by atoms with Crippen LogP contribution < -0.4 is 24.6 Å². The summed E-state index contributed by atoms with van der Waals surface area (Å²) in [6, 6.07) is 54.6. The van der Waals surface area contributed by atoms with Gasteiger partial charge in [0.2, 0.25) is 0 Å². The number of fused-ring (bicyclic) bond motifs is 4. The summed E-state index contributed by atoms with van der Waals surface area (Å²) in [5.74, 6) is 1.89. The van der Waals surface area contributed by atoms with Gasteiger partial charge < -0.3 is 48.6 Å². The van der Waals surface area contributed by atoms with Crippen molar-refractivity contribution in [3.63, 3.8) is 0 Å². The Bertz CT molecular complexity index is 4330. The highest BCUT2D eigenvalue weighted by Gasteiger charge is 2.46. The number of rotatable bonds is 12. The summed E-state index contributed by atoms with van der Waals surface area (Å²) in [6.45, 7) is 23.7. The van der Waals surface area contributed by atoms with Crippen molar-refractivity contribution in [3.05, 3.63) is 190 Å². The Labute approximate surface area is 618 Å². The smallest absolute Gasteiger partial charge is 0.410 e. The van der Waals surface area contributed by atoms with E-state index in [4.69, 9.17) is 65.4 Å². The fourth-order valence-electron chi connectivity index (χ4n) is 14.7. The van der Waals surface area contributed by atoms with Crippen LogP contribution in [0.2, 0.25) is 10.0 Å². The SMILES string of the molecule is CC(Cl)OC(=O)Cl.Cc1cc(-c2cc3c(cc2Cl)N(CC2CN(C(c4ccccc4)c4ccccc4)C2)C(=O)C(C2CCN(C(=O)OC(C)(C)C)CC2)O3)c2ccccc2c1.Cc1cc(-c2cc3c(cc2Cl)N(CC2CNC2)C(=O)C(C2CCN(C(=O)OC(C)(C)C)CC2)O3)c2ccccc2c1. The molecule has 20 heteroatoms. The van der Waals surface area contributed by atoms with Gasteiger partial charge in [-0.25, -0.2) is 14.4 Å². The van der Waals surface area contributed by atoms with Crippen LogP contribution in [0.4, 0.5) is 25.8 Å². The highest BCUT2D eigenvalue weighted by Crippen LogP contribution is 2.49. The second kappa shape index (κ2) is 31.5. The molecule has 4 fully saturated rings. The largest absolute Gasteiger partial charge is 0.478 e. The fourth-order valence-corrected chi connectivity index (χ4v) is 15.5. The first-order chi connectivity index (χ1) is 48.7. The molecule has 0 spiro atoms. The third-order valence-corrected chi connectivity index (χ3v) is 20.4. The lowest BCUT2D eigenvalue weighted by atomic mass is 9.87. The summed E-state index contributed by atoms with van der Waals surface area (Å²) in [7, 11) is 0. The summed E-state index contributed by atoms with van der Waals surface area (Å²) in [6.07, 6.45) is 0.746.